The van der Waals surface area contributed by atoms with Crippen LogP contribution in [0.5, 0.6) is 11.5 Å². The highest BCUT2D eigenvalue weighted by atomic mass is 16.5. The van der Waals surface area contributed by atoms with Crippen molar-refractivity contribution >= 4 is 0 Å². The van der Waals surface area contributed by atoms with Crippen LogP contribution >= 0.6 is 0 Å². The van der Waals surface area contributed by atoms with E-state index in [4.69, 9.17) is 9.47 Å². The highest BCUT2D eigenvalue weighted by Gasteiger charge is 2.34. The monoisotopic (exact) mass is 261 g/mol. The highest BCUT2D eigenvalue weighted by Crippen LogP contribution is 2.37. The standard InChI is InChI=1S/C16H23NO2/c1-2-16(8-4-9-16)17-12-13-6-3-7-14-15(13)19-11-5-10-18-14/h3,6-7,17H,2,4-5,8-12H2,1H3. The van der Waals surface area contributed by atoms with Crippen LogP contribution in [0.3, 0.4) is 0 Å². The maximum absolute atomic E-state index is 5.87. The lowest BCUT2D eigenvalue weighted by Gasteiger charge is -2.42. The Bertz CT molecular complexity index is 435. The van der Waals surface area contributed by atoms with Gasteiger partial charge in [-0.2, -0.15) is 0 Å². The maximum Gasteiger partial charge on any atom is 0.165 e. The van der Waals surface area contributed by atoms with Gasteiger partial charge in [0.15, 0.2) is 11.5 Å². The summed E-state index contributed by atoms with van der Waals surface area (Å²) in [6, 6.07) is 6.20. The predicted octanol–water partition coefficient (Wildman–Crippen LogP) is 3.27. The first-order valence-electron chi connectivity index (χ1n) is 7.45. The second kappa shape index (κ2) is 5.41. The zero-order valence-corrected chi connectivity index (χ0v) is 11.7. The van der Waals surface area contributed by atoms with Crippen molar-refractivity contribution in [2.24, 2.45) is 0 Å². The summed E-state index contributed by atoms with van der Waals surface area (Å²) in [5, 5.41) is 3.73. The molecule has 1 aliphatic heterocycles. The number of fused-ring (bicyclic) bond motifs is 1. The summed E-state index contributed by atoms with van der Waals surface area (Å²) < 4.78 is 11.6. The van der Waals surface area contributed by atoms with E-state index in [0.29, 0.717) is 5.54 Å². The highest BCUT2D eigenvalue weighted by molar-refractivity contribution is 5.47. The fourth-order valence-electron chi connectivity index (χ4n) is 2.93. The fraction of sp³-hybridized carbons (Fsp3) is 0.625. The number of nitrogens with one attached hydrogen (secondary N) is 1. The van der Waals surface area contributed by atoms with Gasteiger partial charge in [0.05, 0.1) is 13.2 Å². The van der Waals surface area contributed by atoms with Crippen molar-refractivity contribution in [3.8, 4) is 11.5 Å². The van der Waals surface area contributed by atoms with Crippen LogP contribution in [0.25, 0.3) is 0 Å². The minimum absolute atomic E-state index is 0.369. The Kier molecular flexibility index (Phi) is 3.65. The molecule has 0 saturated heterocycles. The molecule has 3 nitrogen and oxygen atoms in total. The molecule has 1 aliphatic carbocycles. The van der Waals surface area contributed by atoms with E-state index < -0.39 is 0 Å². The molecule has 1 saturated carbocycles. The first-order chi connectivity index (χ1) is 9.33. The first-order valence-corrected chi connectivity index (χ1v) is 7.45. The molecule has 0 unspecified atom stereocenters. The quantitative estimate of drug-likeness (QED) is 0.902. The lowest BCUT2D eigenvalue weighted by Crippen LogP contribution is -2.49. The summed E-state index contributed by atoms with van der Waals surface area (Å²) in [4.78, 5) is 0. The molecule has 1 N–H and O–H groups in total. The molecule has 0 aromatic heterocycles. The average Bonchev–Trinajstić information content (AvgIpc) is 2.63. The van der Waals surface area contributed by atoms with Crippen LogP contribution < -0.4 is 14.8 Å². The van der Waals surface area contributed by atoms with Gasteiger partial charge in [-0.15, -0.1) is 0 Å². The number of para-hydroxylation sites is 1. The lowest BCUT2D eigenvalue weighted by atomic mass is 9.75. The summed E-state index contributed by atoms with van der Waals surface area (Å²) >= 11 is 0. The molecule has 2 aliphatic rings. The second-order valence-corrected chi connectivity index (χ2v) is 5.64. The summed E-state index contributed by atoms with van der Waals surface area (Å²) in [5.74, 6) is 1.84. The van der Waals surface area contributed by atoms with Crippen LogP contribution in [-0.4, -0.2) is 18.8 Å². The van der Waals surface area contributed by atoms with E-state index in [1.165, 1.54) is 31.2 Å². The molecule has 1 fully saturated rings. The van der Waals surface area contributed by atoms with Crippen molar-refractivity contribution in [1.29, 1.82) is 0 Å². The van der Waals surface area contributed by atoms with Crippen LogP contribution in [0.2, 0.25) is 0 Å². The van der Waals surface area contributed by atoms with Crippen LogP contribution in [-0.2, 0) is 6.54 Å². The SMILES string of the molecule is CCC1(NCc2cccc3c2OCCCO3)CCC1. The lowest BCUT2D eigenvalue weighted by molar-refractivity contribution is 0.174. The van der Waals surface area contributed by atoms with Gasteiger partial charge in [0.25, 0.3) is 0 Å². The Hall–Kier alpha value is -1.22. The normalized spacial score (nSPS) is 20.5. The molecule has 0 radical (unpaired) electrons. The molecule has 1 aromatic rings. The Balaban J connectivity index is 1.74. The van der Waals surface area contributed by atoms with Crippen LogP contribution in [0.15, 0.2) is 18.2 Å². The number of rotatable bonds is 4. The van der Waals surface area contributed by atoms with Gasteiger partial charge >= 0.3 is 0 Å². The first kappa shape index (κ1) is 12.8. The van der Waals surface area contributed by atoms with Crippen molar-refractivity contribution in [2.45, 2.75) is 51.1 Å². The Morgan fingerprint density at radius 1 is 1.16 bits per heavy atom. The summed E-state index contributed by atoms with van der Waals surface area (Å²) in [6.07, 6.45) is 6.12. The van der Waals surface area contributed by atoms with E-state index in [-0.39, 0.29) is 0 Å². The van der Waals surface area contributed by atoms with Crippen LogP contribution in [0.1, 0.15) is 44.6 Å². The Morgan fingerprint density at radius 3 is 2.74 bits per heavy atom. The minimum atomic E-state index is 0.369. The van der Waals surface area contributed by atoms with E-state index in [1.54, 1.807) is 0 Å². The maximum atomic E-state index is 5.87. The predicted molar refractivity (Wildman–Crippen MR) is 75.8 cm³/mol. The molecule has 3 heteroatoms. The van der Waals surface area contributed by atoms with E-state index >= 15 is 0 Å². The Labute approximate surface area is 115 Å². The van der Waals surface area contributed by atoms with Gasteiger partial charge in [-0.25, -0.2) is 0 Å². The topological polar surface area (TPSA) is 30.5 Å². The van der Waals surface area contributed by atoms with Crippen molar-refractivity contribution in [1.82, 2.24) is 5.32 Å². The minimum Gasteiger partial charge on any atom is -0.490 e. The molecule has 1 heterocycles. The van der Waals surface area contributed by atoms with Crippen molar-refractivity contribution < 1.29 is 9.47 Å². The second-order valence-electron chi connectivity index (χ2n) is 5.64. The number of benzene rings is 1. The number of hydrogen-bond donors (Lipinski definition) is 1. The van der Waals surface area contributed by atoms with E-state index in [2.05, 4.69) is 24.4 Å². The summed E-state index contributed by atoms with van der Waals surface area (Å²) in [6.45, 7) is 4.66. The van der Waals surface area contributed by atoms with Gasteiger partial charge in [0, 0.05) is 24.1 Å². The zero-order valence-electron chi connectivity index (χ0n) is 11.7. The molecule has 0 atom stereocenters. The number of hydrogen-bond acceptors (Lipinski definition) is 3. The molecular weight excluding hydrogens is 238 g/mol. The van der Waals surface area contributed by atoms with Crippen molar-refractivity contribution in [3.05, 3.63) is 23.8 Å². The van der Waals surface area contributed by atoms with Gasteiger partial charge in [0.1, 0.15) is 0 Å². The van der Waals surface area contributed by atoms with Crippen molar-refractivity contribution in [2.75, 3.05) is 13.2 Å². The molecule has 0 amide bonds. The molecule has 1 aromatic carbocycles. The molecule has 0 spiro atoms. The van der Waals surface area contributed by atoms with Gasteiger partial charge in [-0.3, -0.25) is 0 Å². The molecule has 104 valence electrons. The van der Waals surface area contributed by atoms with Gasteiger partial charge in [-0.1, -0.05) is 19.1 Å². The van der Waals surface area contributed by atoms with Gasteiger partial charge < -0.3 is 14.8 Å². The third-order valence-corrected chi connectivity index (χ3v) is 4.49. The van der Waals surface area contributed by atoms with Gasteiger partial charge in [0.2, 0.25) is 0 Å². The largest absolute Gasteiger partial charge is 0.490 e. The third kappa shape index (κ3) is 2.57. The van der Waals surface area contributed by atoms with E-state index in [9.17, 15) is 0 Å². The molecule has 19 heavy (non-hydrogen) atoms. The van der Waals surface area contributed by atoms with Gasteiger partial charge in [-0.05, 0) is 31.7 Å². The molecular formula is C16H23NO2. The third-order valence-electron chi connectivity index (χ3n) is 4.49. The summed E-state index contributed by atoms with van der Waals surface area (Å²) in [7, 11) is 0. The number of ether oxygens (including phenoxy) is 2. The van der Waals surface area contributed by atoms with Crippen molar-refractivity contribution in [3.63, 3.8) is 0 Å². The van der Waals surface area contributed by atoms with E-state index in [0.717, 1.165) is 37.7 Å². The zero-order chi connectivity index (χ0) is 13.1. The van der Waals surface area contributed by atoms with E-state index in [1.807, 2.05) is 6.07 Å². The molecule has 0 bridgehead atoms. The Morgan fingerprint density at radius 2 is 2.00 bits per heavy atom. The fourth-order valence-corrected chi connectivity index (χ4v) is 2.93. The molecule has 3 rings (SSSR count). The smallest absolute Gasteiger partial charge is 0.165 e. The van der Waals surface area contributed by atoms with Crippen LogP contribution in [0.4, 0.5) is 0 Å². The van der Waals surface area contributed by atoms with Crippen LogP contribution in [0, 0.1) is 0 Å². The average molecular weight is 261 g/mol. The summed E-state index contributed by atoms with van der Waals surface area (Å²) in [5.41, 5.74) is 1.59.